The smallest absolute Gasteiger partial charge is 0.338 e. The Kier molecular flexibility index (Phi) is 4.50. The summed E-state index contributed by atoms with van der Waals surface area (Å²) in [6, 6.07) is 4.98. The van der Waals surface area contributed by atoms with E-state index in [1.165, 1.54) is 25.0 Å². The van der Waals surface area contributed by atoms with Gasteiger partial charge >= 0.3 is 5.97 Å². The molecule has 1 aromatic rings. The van der Waals surface area contributed by atoms with Gasteiger partial charge in [-0.25, -0.2) is 9.18 Å². The first kappa shape index (κ1) is 14.0. The molecule has 104 valence electrons. The number of halogens is 1. The highest BCUT2D eigenvalue weighted by Gasteiger charge is 2.25. The van der Waals surface area contributed by atoms with E-state index >= 15 is 0 Å². The zero-order chi connectivity index (χ0) is 13.8. The molecule has 0 saturated heterocycles. The lowest BCUT2D eigenvalue weighted by molar-refractivity contribution is 0.0692. The second-order valence-electron chi connectivity index (χ2n) is 5.01. The molecule has 0 radical (unpaired) electrons. The van der Waals surface area contributed by atoms with E-state index in [0.717, 1.165) is 24.7 Å². The van der Waals surface area contributed by atoms with Gasteiger partial charge in [0, 0.05) is 25.7 Å². The minimum Gasteiger partial charge on any atom is -0.478 e. The SMILES string of the molecule is CN(CCNCc1ccc(C(=O)O)c(F)c1)C1CC1. The highest BCUT2D eigenvalue weighted by Crippen LogP contribution is 2.24. The van der Waals surface area contributed by atoms with E-state index in [4.69, 9.17) is 5.11 Å². The number of aromatic carboxylic acids is 1. The van der Waals surface area contributed by atoms with Crippen molar-refractivity contribution >= 4 is 5.97 Å². The molecule has 0 atom stereocenters. The van der Waals surface area contributed by atoms with Crippen molar-refractivity contribution in [1.82, 2.24) is 10.2 Å². The number of rotatable bonds is 7. The number of likely N-dealkylation sites (N-methyl/N-ethyl adjacent to an activating group) is 1. The Labute approximate surface area is 112 Å². The van der Waals surface area contributed by atoms with Crippen LogP contribution in [0.3, 0.4) is 0 Å². The number of carboxylic acids is 1. The van der Waals surface area contributed by atoms with Gasteiger partial charge in [-0.3, -0.25) is 0 Å². The summed E-state index contributed by atoms with van der Waals surface area (Å²) in [6.07, 6.45) is 2.58. The second kappa shape index (κ2) is 6.12. The van der Waals surface area contributed by atoms with Crippen molar-refractivity contribution in [3.63, 3.8) is 0 Å². The number of hydrogen-bond acceptors (Lipinski definition) is 3. The fraction of sp³-hybridized carbons (Fsp3) is 0.500. The van der Waals surface area contributed by atoms with Crippen molar-refractivity contribution in [2.24, 2.45) is 0 Å². The maximum atomic E-state index is 13.4. The van der Waals surface area contributed by atoms with E-state index in [1.54, 1.807) is 6.07 Å². The highest BCUT2D eigenvalue weighted by atomic mass is 19.1. The maximum absolute atomic E-state index is 13.4. The topological polar surface area (TPSA) is 52.6 Å². The molecule has 1 fully saturated rings. The summed E-state index contributed by atoms with van der Waals surface area (Å²) in [7, 11) is 2.11. The van der Waals surface area contributed by atoms with Gasteiger partial charge in [-0.05, 0) is 37.6 Å². The van der Waals surface area contributed by atoms with E-state index in [9.17, 15) is 9.18 Å². The van der Waals surface area contributed by atoms with Crippen LogP contribution < -0.4 is 5.32 Å². The molecule has 0 aromatic heterocycles. The van der Waals surface area contributed by atoms with Gasteiger partial charge in [-0.15, -0.1) is 0 Å². The van der Waals surface area contributed by atoms with Gasteiger partial charge in [-0.1, -0.05) is 6.07 Å². The van der Waals surface area contributed by atoms with Crippen molar-refractivity contribution in [2.75, 3.05) is 20.1 Å². The summed E-state index contributed by atoms with van der Waals surface area (Å²) in [6.45, 7) is 2.37. The quantitative estimate of drug-likeness (QED) is 0.738. The Hall–Kier alpha value is -1.46. The number of nitrogens with one attached hydrogen (secondary N) is 1. The second-order valence-corrected chi connectivity index (χ2v) is 5.01. The first-order valence-corrected chi connectivity index (χ1v) is 6.50. The first-order chi connectivity index (χ1) is 9.08. The van der Waals surface area contributed by atoms with Crippen molar-refractivity contribution in [2.45, 2.75) is 25.4 Å². The third-order valence-corrected chi connectivity index (χ3v) is 3.40. The van der Waals surface area contributed by atoms with Gasteiger partial charge in [0.1, 0.15) is 5.82 Å². The van der Waals surface area contributed by atoms with E-state index < -0.39 is 11.8 Å². The average molecular weight is 266 g/mol. The molecule has 4 nitrogen and oxygen atoms in total. The molecular weight excluding hydrogens is 247 g/mol. The molecule has 0 bridgehead atoms. The van der Waals surface area contributed by atoms with Crippen molar-refractivity contribution in [3.05, 3.63) is 35.1 Å². The standard InChI is InChI=1S/C14H19FN2O2/c1-17(11-3-4-11)7-6-16-9-10-2-5-12(14(18)19)13(15)8-10/h2,5,8,11,16H,3-4,6-7,9H2,1H3,(H,18,19). The van der Waals surface area contributed by atoms with Crippen LogP contribution in [0.2, 0.25) is 0 Å². The van der Waals surface area contributed by atoms with Crippen LogP contribution in [0.4, 0.5) is 4.39 Å². The zero-order valence-electron chi connectivity index (χ0n) is 11.0. The van der Waals surface area contributed by atoms with Crippen LogP contribution >= 0.6 is 0 Å². The summed E-state index contributed by atoms with van der Waals surface area (Å²) in [4.78, 5) is 13.0. The Balaban J connectivity index is 1.76. The van der Waals surface area contributed by atoms with Crippen molar-refractivity contribution in [1.29, 1.82) is 0 Å². The molecule has 1 aromatic carbocycles. The van der Waals surface area contributed by atoms with Crippen LogP contribution in [0.1, 0.15) is 28.8 Å². The zero-order valence-corrected chi connectivity index (χ0v) is 11.0. The van der Waals surface area contributed by atoms with Crippen molar-refractivity contribution in [3.8, 4) is 0 Å². The first-order valence-electron chi connectivity index (χ1n) is 6.50. The van der Waals surface area contributed by atoms with Crippen LogP contribution in [-0.4, -0.2) is 42.2 Å². The van der Waals surface area contributed by atoms with Crippen LogP contribution in [0.25, 0.3) is 0 Å². The predicted molar refractivity (Wildman–Crippen MR) is 70.7 cm³/mol. The normalized spacial score (nSPS) is 14.9. The third kappa shape index (κ3) is 4.01. The molecule has 0 unspecified atom stereocenters. The van der Waals surface area contributed by atoms with Gasteiger partial charge in [0.25, 0.3) is 0 Å². The molecule has 2 N–H and O–H groups in total. The molecule has 19 heavy (non-hydrogen) atoms. The Morgan fingerprint density at radius 1 is 1.53 bits per heavy atom. The fourth-order valence-corrected chi connectivity index (χ4v) is 2.03. The Bertz CT molecular complexity index is 461. The molecule has 0 aliphatic heterocycles. The van der Waals surface area contributed by atoms with E-state index in [0.29, 0.717) is 6.54 Å². The Morgan fingerprint density at radius 3 is 2.84 bits per heavy atom. The lowest BCUT2D eigenvalue weighted by Crippen LogP contribution is -2.30. The molecular formula is C14H19FN2O2. The van der Waals surface area contributed by atoms with E-state index in [1.807, 2.05) is 0 Å². The molecule has 0 spiro atoms. The van der Waals surface area contributed by atoms with Crippen LogP contribution in [0, 0.1) is 5.82 Å². The van der Waals surface area contributed by atoms with Crippen LogP contribution in [0.15, 0.2) is 18.2 Å². The largest absolute Gasteiger partial charge is 0.478 e. The predicted octanol–water partition coefficient (Wildman–Crippen LogP) is 1.71. The van der Waals surface area contributed by atoms with E-state index in [2.05, 4.69) is 17.3 Å². The molecule has 1 aliphatic carbocycles. The van der Waals surface area contributed by atoms with Crippen molar-refractivity contribution < 1.29 is 14.3 Å². The molecule has 0 amide bonds. The van der Waals surface area contributed by atoms with Crippen LogP contribution in [0.5, 0.6) is 0 Å². The van der Waals surface area contributed by atoms with Gasteiger partial charge in [0.2, 0.25) is 0 Å². The lowest BCUT2D eigenvalue weighted by Gasteiger charge is -2.15. The molecule has 5 heteroatoms. The molecule has 2 rings (SSSR count). The minimum absolute atomic E-state index is 0.280. The number of benzene rings is 1. The summed E-state index contributed by atoms with van der Waals surface area (Å²) in [5, 5.41) is 12.0. The highest BCUT2D eigenvalue weighted by molar-refractivity contribution is 5.87. The summed E-state index contributed by atoms with van der Waals surface area (Å²) >= 11 is 0. The average Bonchev–Trinajstić information content (AvgIpc) is 3.18. The van der Waals surface area contributed by atoms with Gasteiger partial charge in [-0.2, -0.15) is 0 Å². The van der Waals surface area contributed by atoms with Gasteiger partial charge < -0.3 is 15.3 Å². The minimum atomic E-state index is -1.23. The Morgan fingerprint density at radius 2 is 2.26 bits per heavy atom. The summed E-state index contributed by atoms with van der Waals surface area (Å²) in [5.41, 5.74) is 0.480. The van der Waals surface area contributed by atoms with Crippen LogP contribution in [-0.2, 0) is 6.54 Å². The fourth-order valence-electron chi connectivity index (χ4n) is 2.03. The number of nitrogens with zero attached hydrogens (tertiary/aromatic N) is 1. The lowest BCUT2D eigenvalue weighted by atomic mass is 10.1. The van der Waals surface area contributed by atoms with E-state index in [-0.39, 0.29) is 5.56 Å². The summed E-state index contributed by atoms with van der Waals surface area (Å²) < 4.78 is 13.4. The monoisotopic (exact) mass is 266 g/mol. The van der Waals surface area contributed by atoms with Gasteiger partial charge in [0.05, 0.1) is 5.56 Å². The number of carbonyl (C=O) groups is 1. The van der Waals surface area contributed by atoms with Gasteiger partial charge in [0.15, 0.2) is 0 Å². The number of carboxylic acid groups (broad SMARTS) is 1. The third-order valence-electron chi connectivity index (χ3n) is 3.40. The summed E-state index contributed by atoms with van der Waals surface area (Å²) in [5.74, 6) is -1.91. The maximum Gasteiger partial charge on any atom is 0.338 e. The molecule has 1 saturated carbocycles. The number of hydrogen-bond donors (Lipinski definition) is 2. The molecule has 0 heterocycles. The molecule has 1 aliphatic rings.